The summed E-state index contributed by atoms with van der Waals surface area (Å²) in [7, 11) is 1.30. The number of H-pyrrole nitrogens is 1. The van der Waals surface area contributed by atoms with Crippen LogP contribution in [0.4, 0.5) is 10.5 Å². The summed E-state index contributed by atoms with van der Waals surface area (Å²) in [5.74, 6) is 0.372. The Hall–Kier alpha value is -5.00. The standard InChI is InChI=1S/C32H28Cl2N8O3/c1-45-32(44)36-24-13-9-21(10-14-24)28-30(34)38-31(37-28)29-25(20-6-3-2-4-7-20)8-5-17-41(29)27(43)16-11-22-18-23(33)12-15-26(22)42-19-35-39-40-42/h2-4,6-7,9-16,18-19,25,29H,5,8,17H2,1H3,(H,36,44)(H,37,38)/b16-11+/t25-,29-/m1/s1. The van der Waals surface area contributed by atoms with Gasteiger partial charge in [0.05, 0.1) is 18.8 Å². The Balaban J connectivity index is 1.34. The van der Waals surface area contributed by atoms with Gasteiger partial charge in [-0.05, 0) is 65.2 Å². The first-order valence-corrected chi connectivity index (χ1v) is 14.9. The van der Waals surface area contributed by atoms with Gasteiger partial charge >= 0.3 is 6.09 Å². The van der Waals surface area contributed by atoms with Crippen molar-refractivity contribution in [3.8, 4) is 16.9 Å². The van der Waals surface area contributed by atoms with E-state index in [0.717, 1.165) is 24.0 Å². The molecule has 1 fully saturated rings. The maximum Gasteiger partial charge on any atom is 0.411 e. The minimum absolute atomic E-state index is 0.0260. The molecule has 11 nitrogen and oxygen atoms in total. The van der Waals surface area contributed by atoms with E-state index in [-0.39, 0.29) is 11.8 Å². The van der Waals surface area contributed by atoms with Crippen LogP contribution in [0.25, 0.3) is 23.0 Å². The van der Waals surface area contributed by atoms with E-state index in [1.54, 1.807) is 42.5 Å². The smallest absolute Gasteiger partial charge is 0.411 e. The van der Waals surface area contributed by atoms with Crippen molar-refractivity contribution in [2.45, 2.75) is 24.8 Å². The second kappa shape index (κ2) is 13.3. The lowest BCUT2D eigenvalue weighted by Crippen LogP contribution is -2.41. The average Bonchev–Trinajstić information content (AvgIpc) is 3.74. The van der Waals surface area contributed by atoms with Gasteiger partial charge in [0.1, 0.15) is 23.0 Å². The van der Waals surface area contributed by atoms with Crippen molar-refractivity contribution in [3.05, 3.63) is 112 Å². The van der Waals surface area contributed by atoms with E-state index in [2.05, 4.69) is 42.7 Å². The van der Waals surface area contributed by atoms with Crippen LogP contribution in [0.1, 0.15) is 41.8 Å². The Labute approximate surface area is 268 Å². The third-order valence-electron chi connectivity index (χ3n) is 7.68. The molecule has 0 radical (unpaired) electrons. The van der Waals surface area contributed by atoms with Crippen molar-refractivity contribution in [1.82, 2.24) is 35.1 Å². The number of ether oxygens (including phenoxy) is 1. The molecule has 3 heterocycles. The van der Waals surface area contributed by atoms with Crippen molar-refractivity contribution >= 4 is 47.0 Å². The molecule has 0 bridgehead atoms. The van der Waals surface area contributed by atoms with Crippen LogP contribution < -0.4 is 5.32 Å². The lowest BCUT2D eigenvalue weighted by molar-refractivity contribution is -0.130. The molecule has 0 saturated carbocycles. The fourth-order valence-corrected chi connectivity index (χ4v) is 6.04. The average molecular weight is 644 g/mol. The normalized spacial score (nSPS) is 16.6. The predicted octanol–water partition coefficient (Wildman–Crippen LogP) is 6.70. The summed E-state index contributed by atoms with van der Waals surface area (Å²) in [4.78, 5) is 35.6. The first-order chi connectivity index (χ1) is 21.9. The topological polar surface area (TPSA) is 131 Å². The molecule has 1 aliphatic heterocycles. The molecule has 1 aliphatic rings. The summed E-state index contributed by atoms with van der Waals surface area (Å²) in [5.41, 5.74) is 4.33. The number of halogens is 2. The maximum absolute atomic E-state index is 14.0. The highest BCUT2D eigenvalue weighted by Crippen LogP contribution is 2.43. The number of imidazole rings is 1. The second-order valence-electron chi connectivity index (χ2n) is 10.4. The Kier molecular flexibility index (Phi) is 8.90. The van der Waals surface area contributed by atoms with Crippen molar-refractivity contribution in [2.24, 2.45) is 0 Å². The Morgan fingerprint density at radius 2 is 1.87 bits per heavy atom. The minimum Gasteiger partial charge on any atom is -0.453 e. The molecule has 0 aliphatic carbocycles. The van der Waals surface area contributed by atoms with Gasteiger partial charge in [0, 0.05) is 40.4 Å². The molecule has 1 saturated heterocycles. The van der Waals surface area contributed by atoms with Gasteiger partial charge in [-0.25, -0.2) is 9.78 Å². The number of likely N-dealkylation sites (tertiary alicyclic amines) is 1. The fourth-order valence-electron chi connectivity index (χ4n) is 5.61. The summed E-state index contributed by atoms with van der Waals surface area (Å²) < 4.78 is 6.18. The van der Waals surface area contributed by atoms with Gasteiger partial charge < -0.3 is 14.6 Å². The van der Waals surface area contributed by atoms with Crippen LogP contribution in [-0.2, 0) is 9.53 Å². The lowest BCUT2D eigenvalue weighted by Gasteiger charge is -2.40. The van der Waals surface area contributed by atoms with Crippen molar-refractivity contribution < 1.29 is 14.3 Å². The zero-order valence-electron chi connectivity index (χ0n) is 24.1. The molecule has 13 heteroatoms. The number of rotatable bonds is 7. The number of aromatic nitrogens is 6. The largest absolute Gasteiger partial charge is 0.453 e. The van der Waals surface area contributed by atoms with Crippen LogP contribution in [0.5, 0.6) is 0 Å². The molecule has 2 amide bonds. The predicted molar refractivity (Wildman–Crippen MR) is 171 cm³/mol. The van der Waals surface area contributed by atoms with Crippen molar-refractivity contribution in [3.63, 3.8) is 0 Å². The number of nitrogens with zero attached hydrogens (tertiary/aromatic N) is 6. The number of hydrogen-bond acceptors (Lipinski definition) is 7. The van der Waals surface area contributed by atoms with Crippen LogP contribution in [0.3, 0.4) is 0 Å². The second-order valence-corrected chi connectivity index (χ2v) is 11.2. The van der Waals surface area contributed by atoms with Crippen LogP contribution >= 0.6 is 23.2 Å². The summed E-state index contributed by atoms with van der Waals surface area (Å²) in [6.07, 6.45) is 5.86. The maximum atomic E-state index is 14.0. The minimum atomic E-state index is -0.562. The molecule has 6 rings (SSSR count). The number of carbonyl (C=O) groups is 2. The third kappa shape index (κ3) is 6.59. The summed E-state index contributed by atoms with van der Waals surface area (Å²) >= 11 is 13.0. The van der Waals surface area contributed by atoms with Crippen LogP contribution in [0.2, 0.25) is 10.2 Å². The van der Waals surface area contributed by atoms with Crippen LogP contribution in [-0.4, -0.2) is 60.7 Å². The van der Waals surface area contributed by atoms with E-state index < -0.39 is 12.1 Å². The van der Waals surface area contributed by atoms with E-state index in [0.29, 0.717) is 45.2 Å². The SMILES string of the molecule is COC(=O)Nc1ccc(-c2nc([C@H]3[C@@H](c4ccccc4)CCCN3C(=O)/C=C/c3cc(Cl)ccc3-n3cnnn3)[nH]c2Cl)cc1. The first kappa shape index (κ1) is 30.0. The van der Waals surface area contributed by atoms with Gasteiger partial charge in [-0.3, -0.25) is 10.1 Å². The highest BCUT2D eigenvalue weighted by molar-refractivity contribution is 6.32. The van der Waals surface area contributed by atoms with Gasteiger partial charge in [0.15, 0.2) is 0 Å². The molecule has 45 heavy (non-hydrogen) atoms. The highest BCUT2D eigenvalue weighted by Gasteiger charge is 2.38. The number of tetrazole rings is 1. The molecule has 228 valence electrons. The van der Waals surface area contributed by atoms with E-state index in [1.165, 1.54) is 18.1 Å². The number of carbonyl (C=O) groups excluding carboxylic acids is 2. The van der Waals surface area contributed by atoms with Gasteiger partial charge in [-0.15, -0.1) is 5.10 Å². The van der Waals surface area contributed by atoms with Gasteiger partial charge in [0.25, 0.3) is 0 Å². The number of aromatic amines is 1. The number of hydrogen-bond donors (Lipinski definition) is 2. The molecule has 0 spiro atoms. The number of piperidine rings is 1. The molecular weight excluding hydrogens is 615 g/mol. The summed E-state index contributed by atoms with van der Waals surface area (Å²) in [6, 6.07) is 22.1. The number of anilines is 1. The quantitative estimate of drug-likeness (QED) is 0.189. The van der Waals surface area contributed by atoms with E-state index in [1.807, 2.05) is 35.2 Å². The molecule has 5 aromatic rings. The Bertz CT molecular complexity index is 1830. The van der Waals surface area contributed by atoms with Gasteiger partial charge in [0.2, 0.25) is 5.91 Å². The molecule has 2 aromatic heterocycles. The lowest BCUT2D eigenvalue weighted by atomic mass is 9.83. The van der Waals surface area contributed by atoms with Gasteiger partial charge in [-0.1, -0.05) is 65.7 Å². The number of benzene rings is 3. The zero-order valence-corrected chi connectivity index (χ0v) is 25.6. The van der Waals surface area contributed by atoms with Crippen LogP contribution in [0, 0.1) is 0 Å². The van der Waals surface area contributed by atoms with Crippen molar-refractivity contribution in [1.29, 1.82) is 0 Å². The van der Waals surface area contributed by atoms with Crippen LogP contribution in [0.15, 0.2) is 85.2 Å². The monoisotopic (exact) mass is 642 g/mol. The summed E-state index contributed by atoms with van der Waals surface area (Å²) in [6.45, 7) is 0.536. The molecule has 2 atom stereocenters. The molecular formula is C32H28Cl2N8O3. The highest BCUT2D eigenvalue weighted by atomic mass is 35.5. The van der Waals surface area contributed by atoms with Crippen molar-refractivity contribution in [2.75, 3.05) is 19.0 Å². The third-order valence-corrected chi connectivity index (χ3v) is 8.19. The molecule has 0 unspecified atom stereocenters. The first-order valence-electron chi connectivity index (χ1n) is 14.2. The van der Waals surface area contributed by atoms with E-state index in [4.69, 9.17) is 28.2 Å². The van der Waals surface area contributed by atoms with E-state index >= 15 is 0 Å². The van der Waals surface area contributed by atoms with Gasteiger partial charge in [-0.2, -0.15) is 4.68 Å². The number of nitrogens with one attached hydrogen (secondary N) is 2. The Morgan fingerprint density at radius 3 is 2.60 bits per heavy atom. The molecule has 3 aromatic carbocycles. The number of methoxy groups -OCH3 is 1. The molecule has 2 N–H and O–H groups in total. The summed E-state index contributed by atoms with van der Waals surface area (Å²) in [5, 5.41) is 14.9. The number of amides is 2. The zero-order chi connectivity index (χ0) is 31.3. The fraction of sp³-hybridized carbons (Fsp3) is 0.188. The van der Waals surface area contributed by atoms with E-state index in [9.17, 15) is 9.59 Å². The Morgan fingerprint density at radius 1 is 1.07 bits per heavy atom.